The predicted octanol–water partition coefficient (Wildman–Crippen LogP) is 4.69. The number of hydrogen-bond acceptors (Lipinski definition) is 6. The number of aromatic nitrogens is 2. The first-order valence-corrected chi connectivity index (χ1v) is 9.44. The van der Waals surface area contributed by atoms with Gasteiger partial charge in [0, 0.05) is 28.8 Å². The van der Waals surface area contributed by atoms with Crippen molar-refractivity contribution in [3.8, 4) is 17.3 Å². The van der Waals surface area contributed by atoms with E-state index in [-0.39, 0.29) is 12.3 Å². The standard InChI is InChI=1S/C19H15ClN4O2S/c1-12-10-17(24-26-12)23-18(25)8-9-27-19-14(11-21)4-7-16(22-19)13-2-5-15(20)6-3-13/h2-7,10H,8-9H2,1H3,(H,23,24,25). The minimum atomic E-state index is -0.178. The molecule has 1 aromatic carbocycles. The predicted molar refractivity (Wildman–Crippen MR) is 105 cm³/mol. The molecule has 0 aliphatic rings. The highest BCUT2D eigenvalue weighted by Gasteiger charge is 2.11. The fraction of sp³-hybridized carbons (Fsp3) is 0.158. The average molecular weight is 399 g/mol. The molecule has 3 rings (SSSR count). The van der Waals surface area contributed by atoms with Crippen LogP contribution in [0.15, 0.2) is 52.0 Å². The van der Waals surface area contributed by atoms with Gasteiger partial charge in [0.25, 0.3) is 0 Å². The molecule has 8 heteroatoms. The Kier molecular flexibility index (Phi) is 6.12. The topological polar surface area (TPSA) is 91.8 Å². The molecule has 0 fully saturated rings. The molecule has 0 spiro atoms. The Labute approximate surface area is 165 Å². The van der Waals surface area contributed by atoms with Gasteiger partial charge >= 0.3 is 0 Å². The van der Waals surface area contributed by atoms with Crippen LogP contribution in [0, 0.1) is 18.3 Å². The van der Waals surface area contributed by atoms with Crippen molar-refractivity contribution in [3.63, 3.8) is 0 Å². The van der Waals surface area contributed by atoms with Gasteiger partial charge in [-0.15, -0.1) is 11.8 Å². The molecule has 0 radical (unpaired) electrons. The third-order valence-corrected chi connectivity index (χ3v) is 4.83. The molecule has 0 unspecified atom stereocenters. The third kappa shape index (κ3) is 5.09. The quantitative estimate of drug-likeness (QED) is 0.605. The maximum Gasteiger partial charge on any atom is 0.226 e. The number of benzene rings is 1. The summed E-state index contributed by atoms with van der Waals surface area (Å²) >= 11 is 7.28. The SMILES string of the molecule is Cc1cc(NC(=O)CCSc2nc(-c3ccc(Cl)cc3)ccc2C#N)no1. The molecule has 2 aromatic heterocycles. The van der Waals surface area contributed by atoms with Gasteiger partial charge < -0.3 is 9.84 Å². The van der Waals surface area contributed by atoms with E-state index in [4.69, 9.17) is 16.1 Å². The summed E-state index contributed by atoms with van der Waals surface area (Å²) < 4.78 is 4.91. The van der Waals surface area contributed by atoms with Crippen LogP contribution >= 0.6 is 23.4 Å². The third-order valence-electron chi connectivity index (χ3n) is 3.58. The lowest BCUT2D eigenvalue weighted by Gasteiger charge is -2.07. The molecule has 0 aliphatic carbocycles. The summed E-state index contributed by atoms with van der Waals surface area (Å²) in [6.45, 7) is 1.75. The van der Waals surface area contributed by atoms with E-state index in [1.807, 2.05) is 12.1 Å². The average Bonchev–Trinajstić information content (AvgIpc) is 3.07. The number of amides is 1. The van der Waals surface area contributed by atoms with E-state index >= 15 is 0 Å². The zero-order chi connectivity index (χ0) is 19.2. The van der Waals surface area contributed by atoms with Gasteiger partial charge in [0.2, 0.25) is 5.91 Å². The molecule has 3 aromatic rings. The molecule has 0 bridgehead atoms. The van der Waals surface area contributed by atoms with Crippen molar-refractivity contribution >= 4 is 35.1 Å². The number of nitriles is 1. The van der Waals surface area contributed by atoms with Crippen LogP contribution in [0.5, 0.6) is 0 Å². The number of anilines is 1. The first-order valence-electron chi connectivity index (χ1n) is 8.08. The van der Waals surface area contributed by atoms with Crippen molar-refractivity contribution in [2.45, 2.75) is 18.4 Å². The van der Waals surface area contributed by atoms with Gasteiger partial charge in [0.15, 0.2) is 5.82 Å². The zero-order valence-electron chi connectivity index (χ0n) is 14.4. The molecular formula is C19H15ClN4O2S. The van der Waals surface area contributed by atoms with Gasteiger partial charge in [-0.05, 0) is 31.2 Å². The second-order valence-corrected chi connectivity index (χ2v) is 7.16. The number of carbonyl (C=O) groups is 1. The molecule has 136 valence electrons. The van der Waals surface area contributed by atoms with Crippen LogP contribution in [0.1, 0.15) is 17.7 Å². The van der Waals surface area contributed by atoms with E-state index < -0.39 is 0 Å². The second-order valence-electron chi connectivity index (χ2n) is 5.64. The van der Waals surface area contributed by atoms with Crippen molar-refractivity contribution in [3.05, 3.63) is 58.8 Å². The van der Waals surface area contributed by atoms with Crippen molar-refractivity contribution in [1.29, 1.82) is 5.26 Å². The van der Waals surface area contributed by atoms with Crippen LogP contribution in [-0.2, 0) is 4.79 Å². The summed E-state index contributed by atoms with van der Waals surface area (Å²) in [4.78, 5) is 16.5. The van der Waals surface area contributed by atoms with Crippen LogP contribution in [0.25, 0.3) is 11.3 Å². The molecule has 1 amide bonds. The number of aryl methyl sites for hydroxylation is 1. The lowest BCUT2D eigenvalue weighted by molar-refractivity contribution is -0.115. The molecular weight excluding hydrogens is 384 g/mol. The highest BCUT2D eigenvalue weighted by atomic mass is 35.5. The van der Waals surface area contributed by atoms with Gasteiger partial charge in [-0.25, -0.2) is 4.98 Å². The summed E-state index contributed by atoms with van der Waals surface area (Å²) in [5, 5.41) is 16.9. The zero-order valence-corrected chi connectivity index (χ0v) is 16.0. The van der Waals surface area contributed by atoms with Crippen molar-refractivity contribution < 1.29 is 9.32 Å². The van der Waals surface area contributed by atoms with E-state index in [1.54, 1.807) is 37.3 Å². The summed E-state index contributed by atoms with van der Waals surface area (Å²) in [6, 6.07) is 14.6. The molecule has 1 N–H and O–H groups in total. The molecule has 0 saturated heterocycles. The Morgan fingerprint density at radius 2 is 2.07 bits per heavy atom. The van der Waals surface area contributed by atoms with Crippen molar-refractivity contribution in [2.24, 2.45) is 0 Å². The lowest BCUT2D eigenvalue weighted by atomic mass is 10.1. The van der Waals surface area contributed by atoms with E-state index in [0.717, 1.165) is 11.3 Å². The number of thioether (sulfide) groups is 1. The lowest BCUT2D eigenvalue weighted by Crippen LogP contribution is -2.12. The van der Waals surface area contributed by atoms with Gasteiger partial charge in [0.1, 0.15) is 16.9 Å². The largest absolute Gasteiger partial charge is 0.360 e. The Morgan fingerprint density at radius 3 is 2.74 bits per heavy atom. The number of nitrogens with zero attached hydrogens (tertiary/aromatic N) is 3. The number of carbonyl (C=O) groups excluding carboxylic acids is 1. The summed E-state index contributed by atoms with van der Waals surface area (Å²) in [7, 11) is 0. The maximum absolute atomic E-state index is 12.0. The van der Waals surface area contributed by atoms with Gasteiger partial charge in [0.05, 0.1) is 11.3 Å². The van der Waals surface area contributed by atoms with Crippen LogP contribution < -0.4 is 5.32 Å². The van der Waals surface area contributed by atoms with Crippen molar-refractivity contribution in [2.75, 3.05) is 11.1 Å². The van der Waals surface area contributed by atoms with Gasteiger partial charge in [-0.3, -0.25) is 4.79 Å². The smallest absolute Gasteiger partial charge is 0.226 e. The second kappa shape index (κ2) is 8.71. The van der Waals surface area contributed by atoms with E-state index in [2.05, 4.69) is 21.5 Å². The number of halogens is 1. The molecule has 6 nitrogen and oxygen atoms in total. The van der Waals surface area contributed by atoms with Crippen molar-refractivity contribution in [1.82, 2.24) is 10.1 Å². The monoisotopic (exact) mass is 398 g/mol. The van der Waals surface area contributed by atoms with Crippen LogP contribution in [-0.4, -0.2) is 21.8 Å². The fourth-order valence-corrected chi connectivity index (χ4v) is 3.33. The molecule has 2 heterocycles. The highest BCUT2D eigenvalue weighted by molar-refractivity contribution is 7.99. The summed E-state index contributed by atoms with van der Waals surface area (Å²) in [6.07, 6.45) is 0.258. The number of pyridine rings is 1. The Hall–Kier alpha value is -2.82. The Morgan fingerprint density at radius 1 is 1.30 bits per heavy atom. The van der Waals surface area contributed by atoms with Gasteiger partial charge in [-0.2, -0.15) is 5.26 Å². The normalized spacial score (nSPS) is 10.4. The molecule has 0 atom stereocenters. The number of nitrogens with one attached hydrogen (secondary N) is 1. The molecule has 0 aliphatic heterocycles. The summed E-state index contributed by atoms with van der Waals surface area (Å²) in [5.74, 6) is 1.32. The highest BCUT2D eigenvalue weighted by Crippen LogP contribution is 2.26. The maximum atomic E-state index is 12.0. The molecule has 27 heavy (non-hydrogen) atoms. The Bertz CT molecular complexity index is 996. The minimum absolute atomic E-state index is 0.178. The Balaban J connectivity index is 1.64. The summed E-state index contributed by atoms with van der Waals surface area (Å²) in [5.41, 5.74) is 2.13. The van der Waals surface area contributed by atoms with Crippen LogP contribution in [0.2, 0.25) is 5.02 Å². The fourth-order valence-electron chi connectivity index (χ4n) is 2.29. The van der Waals surface area contributed by atoms with E-state index in [0.29, 0.717) is 32.9 Å². The first kappa shape index (κ1) is 19.0. The number of rotatable bonds is 6. The van der Waals surface area contributed by atoms with Gasteiger partial charge in [-0.1, -0.05) is 28.9 Å². The van der Waals surface area contributed by atoms with E-state index in [1.165, 1.54) is 11.8 Å². The minimum Gasteiger partial charge on any atom is -0.360 e. The van der Waals surface area contributed by atoms with Crippen LogP contribution in [0.4, 0.5) is 5.82 Å². The number of hydrogen-bond donors (Lipinski definition) is 1. The molecule has 0 saturated carbocycles. The van der Waals surface area contributed by atoms with E-state index in [9.17, 15) is 10.1 Å². The van der Waals surface area contributed by atoms with Crippen LogP contribution in [0.3, 0.4) is 0 Å². The first-order chi connectivity index (χ1) is 13.0.